The van der Waals surface area contributed by atoms with Gasteiger partial charge in [-0.05, 0) is 31.7 Å². The third kappa shape index (κ3) is 7.25. The first-order valence-electron chi connectivity index (χ1n) is 10.9. The van der Waals surface area contributed by atoms with Gasteiger partial charge in [-0.3, -0.25) is 19.2 Å². The van der Waals surface area contributed by atoms with E-state index in [2.05, 4.69) is 10.6 Å². The predicted molar refractivity (Wildman–Crippen MR) is 120 cm³/mol. The highest BCUT2D eigenvalue weighted by molar-refractivity contribution is 5.96. The Morgan fingerprint density at radius 3 is 2.32 bits per heavy atom. The van der Waals surface area contributed by atoms with E-state index < -0.39 is 66.3 Å². The number of carboxylic acid groups (broad SMARTS) is 1. The van der Waals surface area contributed by atoms with Gasteiger partial charge in [0.1, 0.15) is 18.1 Å². The highest BCUT2D eigenvalue weighted by Gasteiger charge is 2.39. The molecule has 1 heterocycles. The Balaban J connectivity index is 2.10. The minimum atomic E-state index is -1.48. The second-order valence-electron chi connectivity index (χ2n) is 8.28. The molecule has 2 rings (SSSR count). The third-order valence-electron chi connectivity index (χ3n) is 5.54. The second-order valence-corrected chi connectivity index (χ2v) is 8.28. The van der Waals surface area contributed by atoms with E-state index in [0.717, 1.165) is 10.5 Å². The molecule has 1 aliphatic heterocycles. The van der Waals surface area contributed by atoms with Crippen molar-refractivity contribution >= 4 is 29.6 Å². The van der Waals surface area contributed by atoms with E-state index in [1.165, 1.54) is 6.92 Å². The highest BCUT2D eigenvalue weighted by atomic mass is 16.4. The lowest BCUT2D eigenvalue weighted by atomic mass is 10.0. The van der Waals surface area contributed by atoms with Crippen molar-refractivity contribution < 1.29 is 34.2 Å². The Morgan fingerprint density at radius 2 is 1.76 bits per heavy atom. The lowest BCUT2D eigenvalue weighted by Crippen LogP contribution is -2.60. The Bertz CT molecular complexity index is 908. The molecule has 1 aliphatic rings. The van der Waals surface area contributed by atoms with Crippen molar-refractivity contribution in [2.24, 2.45) is 11.5 Å². The lowest BCUT2D eigenvalue weighted by molar-refractivity contribution is -0.150. The van der Waals surface area contributed by atoms with Gasteiger partial charge < -0.3 is 37.2 Å². The van der Waals surface area contributed by atoms with Crippen LogP contribution in [0.25, 0.3) is 0 Å². The number of aliphatic hydroxyl groups excluding tert-OH is 1. The molecule has 0 aromatic heterocycles. The number of nitrogens with zero attached hydrogens (tertiary/aromatic N) is 1. The van der Waals surface area contributed by atoms with Gasteiger partial charge in [-0.1, -0.05) is 30.3 Å². The number of aliphatic hydroxyl groups is 1. The molecule has 0 bridgehead atoms. The van der Waals surface area contributed by atoms with Crippen molar-refractivity contribution in [3.05, 3.63) is 35.9 Å². The fourth-order valence-electron chi connectivity index (χ4n) is 3.78. The Morgan fingerprint density at radius 1 is 1.12 bits per heavy atom. The van der Waals surface area contributed by atoms with Crippen LogP contribution in [0.2, 0.25) is 0 Å². The zero-order chi connectivity index (χ0) is 25.4. The van der Waals surface area contributed by atoms with Crippen LogP contribution in [0.1, 0.15) is 31.7 Å². The molecule has 0 saturated carbocycles. The summed E-state index contributed by atoms with van der Waals surface area (Å²) < 4.78 is 0. The molecule has 12 nitrogen and oxygen atoms in total. The van der Waals surface area contributed by atoms with Gasteiger partial charge in [0, 0.05) is 6.54 Å². The number of nitrogens with two attached hydrogens (primary N) is 2. The number of benzene rings is 1. The molecule has 1 fully saturated rings. The molecule has 4 amide bonds. The Kier molecular flexibility index (Phi) is 9.51. The van der Waals surface area contributed by atoms with Crippen molar-refractivity contribution in [2.45, 2.75) is 62.9 Å². The van der Waals surface area contributed by atoms with Crippen molar-refractivity contribution in [1.29, 1.82) is 0 Å². The smallest absolute Gasteiger partial charge is 0.326 e. The quantitative estimate of drug-likeness (QED) is 0.207. The number of carbonyl (C=O) groups is 5. The maximum absolute atomic E-state index is 12.9. The molecule has 1 aromatic rings. The maximum Gasteiger partial charge on any atom is 0.326 e. The average molecular weight is 478 g/mol. The van der Waals surface area contributed by atoms with E-state index >= 15 is 0 Å². The topological polar surface area (TPSA) is 205 Å². The maximum atomic E-state index is 12.9. The van der Waals surface area contributed by atoms with Crippen LogP contribution in [0.15, 0.2) is 30.3 Å². The summed E-state index contributed by atoms with van der Waals surface area (Å²) in [6, 6.07) is 3.93. The van der Waals surface area contributed by atoms with Gasteiger partial charge in [0.25, 0.3) is 0 Å². The fraction of sp³-hybridized carbons (Fsp3) is 0.500. The number of rotatable bonds is 11. The number of hydrogen-bond acceptors (Lipinski definition) is 7. The summed E-state index contributed by atoms with van der Waals surface area (Å²) >= 11 is 0. The van der Waals surface area contributed by atoms with E-state index in [-0.39, 0.29) is 19.4 Å². The number of primary amides is 1. The molecular weight excluding hydrogens is 446 g/mol. The zero-order valence-corrected chi connectivity index (χ0v) is 18.8. The van der Waals surface area contributed by atoms with Gasteiger partial charge >= 0.3 is 5.97 Å². The molecule has 0 radical (unpaired) electrons. The normalized spacial score (nSPS) is 18.9. The summed E-state index contributed by atoms with van der Waals surface area (Å²) in [6.45, 7) is 1.41. The Labute approximate surface area is 196 Å². The van der Waals surface area contributed by atoms with Crippen molar-refractivity contribution in [1.82, 2.24) is 15.5 Å². The summed E-state index contributed by atoms with van der Waals surface area (Å²) in [6.07, 6.45) is -1.07. The first kappa shape index (κ1) is 26.7. The van der Waals surface area contributed by atoms with Crippen LogP contribution in [0, 0.1) is 0 Å². The van der Waals surface area contributed by atoms with Gasteiger partial charge in [0.15, 0.2) is 0 Å². The summed E-state index contributed by atoms with van der Waals surface area (Å²) in [5.74, 6) is -4.52. The molecule has 0 aliphatic carbocycles. The van der Waals surface area contributed by atoms with Crippen LogP contribution in [-0.2, 0) is 30.4 Å². The van der Waals surface area contributed by atoms with E-state index in [1.54, 1.807) is 24.3 Å². The molecular formula is C22H31N5O7. The third-order valence-corrected chi connectivity index (χ3v) is 5.54. The second kappa shape index (κ2) is 12.1. The SMILES string of the molecule is CC(O)C(NC(=O)C(N)Cc1ccccc1)C(=O)NC(CC(N)=O)C(=O)N1CCCC1C(=O)O. The average Bonchev–Trinajstić information content (AvgIpc) is 3.26. The molecule has 186 valence electrons. The Hall–Kier alpha value is -3.51. The number of carbonyl (C=O) groups excluding carboxylic acids is 4. The first-order valence-corrected chi connectivity index (χ1v) is 10.9. The summed E-state index contributed by atoms with van der Waals surface area (Å²) in [5.41, 5.74) is 12.0. The van der Waals surface area contributed by atoms with Crippen molar-refractivity contribution in [3.63, 3.8) is 0 Å². The van der Waals surface area contributed by atoms with Crippen LogP contribution >= 0.6 is 0 Å². The molecule has 34 heavy (non-hydrogen) atoms. The van der Waals surface area contributed by atoms with Gasteiger partial charge in [-0.2, -0.15) is 0 Å². The zero-order valence-electron chi connectivity index (χ0n) is 18.8. The standard InChI is InChI=1S/C22H31N5O7/c1-12(28)18(26-19(30)14(23)10-13-6-3-2-4-7-13)20(31)25-15(11-17(24)29)21(32)27-9-5-8-16(27)22(33)34/h2-4,6-7,12,14-16,18,28H,5,8-11,23H2,1H3,(H2,24,29)(H,25,31)(H,26,30)(H,33,34). The number of nitrogens with one attached hydrogen (secondary N) is 2. The number of carboxylic acids is 1. The van der Waals surface area contributed by atoms with Crippen LogP contribution in [-0.4, -0.2) is 81.5 Å². The molecule has 8 N–H and O–H groups in total. The lowest BCUT2D eigenvalue weighted by Gasteiger charge is -2.29. The van der Waals surface area contributed by atoms with Gasteiger partial charge in [-0.25, -0.2) is 4.79 Å². The van der Waals surface area contributed by atoms with Gasteiger partial charge in [0.2, 0.25) is 23.6 Å². The number of amides is 4. The van der Waals surface area contributed by atoms with Crippen LogP contribution in [0.5, 0.6) is 0 Å². The highest BCUT2D eigenvalue weighted by Crippen LogP contribution is 2.19. The van der Waals surface area contributed by atoms with Crippen molar-refractivity contribution in [2.75, 3.05) is 6.54 Å². The van der Waals surface area contributed by atoms with E-state index in [1.807, 2.05) is 6.07 Å². The largest absolute Gasteiger partial charge is 0.480 e. The molecule has 1 saturated heterocycles. The van der Waals surface area contributed by atoms with Gasteiger partial charge in [-0.15, -0.1) is 0 Å². The molecule has 5 atom stereocenters. The van der Waals surface area contributed by atoms with Crippen LogP contribution < -0.4 is 22.1 Å². The molecule has 0 spiro atoms. The van der Waals surface area contributed by atoms with Crippen LogP contribution in [0.4, 0.5) is 0 Å². The minimum absolute atomic E-state index is 0.145. The summed E-state index contributed by atoms with van der Waals surface area (Å²) in [7, 11) is 0. The molecule has 5 unspecified atom stereocenters. The number of likely N-dealkylation sites (tertiary alicyclic amines) is 1. The molecule has 12 heteroatoms. The van der Waals surface area contributed by atoms with E-state index in [0.29, 0.717) is 6.42 Å². The molecule has 1 aromatic carbocycles. The summed E-state index contributed by atoms with van der Waals surface area (Å²) in [4.78, 5) is 62.4. The number of aliphatic carboxylic acids is 1. The minimum Gasteiger partial charge on any atom is -0.480 e. The van der Waals surface area contributed by atoms with Gasteiger partial charge in [0.05, 0.1) is 18.6 Å². The predicted octanol–water partition coefficient (Wildman–Crippen LogP) is -2.14. The van der Waals surface area contributed by atoms with Crippen LogP contribution in [0.3, 0.4) is 0 Å². The summed E-state index contributed by atoms with van der Waals surface area (Å²) in [5, 5.41) is 24.1. The first-order chi connectivity index (χ1) is 16.0. The number of hydrogen-bond donors (Lipinski definition) is 6. The fourth-order valence-corrected chi connectivity index (χ4v) is 3.78. The monoisotopic (exact) mass is 477 g/mol. The van der Waals surface area contributed by atoms with E-state index in [4.69, 9.17) is 11.5 Å². The van der Waals surface area contributed by atoms with Crippen molar-refractivity contribution in [3.8, 4) is 0 Å². The van der Waals surface area contributed by atoms with E-state index in [9.17, 15) is 34.2 Å².